The fourth-order valence-electron chi connectivity index (χ4n) is 2.95. The molecule has 0 atom stereocenters. The second kappa shape index (κ2) is 8.49. The number of carbonyl (C=O) groups is 1. The van der Waals surface area contributed by atoms with Gasteiger partial charge in [0.25, 0.3) is 11.6 Å². The minimum Gasteiger partial charge on any atom is -0.366 e. The van der Waals surface area contributed by atoms with Crippen molar-refractivity contribution in [3.8, 4) is 0 Å². The highest BCUT2D eigenvalue weighted by Gasteiger charge is 2.24. The van der Waals surface area contributed by atoms with E-state index in [0.717, 1.165) is 32.0 Å². The molecular weight excluding hydrogens is 407 g/mol. The number of nitrogens with zero attached hydrogens (tertiary/aromatic N) is 2. The number of rotatable bonds is 4. The van der Waals surface area contributed by atoms with Crippen molar-refractivity contribution in [1.29, 1.82) is 0 Å². The number of nitro benzene ring substituents is 1. The van der Waals surface area contributed by atoms with Crippen LogP contribution in [-0.2, 0) is 0 Å². The van der Waals surface area contributed by atoms with Crippen molar-refractivity contribution in [1.82, 2.24) is 5.32 Å². The fraction of sp³-hybridized carbons (Fsp3) is 0.222. The van der Waals surface area contributed by atoms with E-state index in [4.69, 9.17) is 23.8 Å². The van der Waals surface area contributed by atoms with Crippen LogP contribution in [0.3, 0.4) is 0 Å². The smallest absolute Gasteiger partial charge is 0.293 e. The van der Waals surface area contributed by atoms with Gasteiger partial charge in [-0.25, -0.2) is 4.39 Å². The Kier molecular flexibility index (Phi) is 6.05. The van der Waals surface area contributed by atoms with Gasteiger partial charge in [-0.2, -0.15) is 0 Å². The van der Waals surface area contributed by atoms with Crippen LogP contribution in [0.5, 0.6) is 0 Å². The molecule has 1 aliphatic rings. The average Bonchev–Trinajstić information content (AvgIpc) is 3.18. The zero-order valence-electron chi connectivity index (χ0n) is 14.6. The van der Waals surface area contributed by atoms with Crippen LogP contribution >= 0.6 is 23.8 Å². The van der Waals surface area contributed by atoms with Gasteiger partial charge in [-0.05, 0) is 55.4 Å². The Labute approximate surface area is 170 Å². The third-order valence-corrected chi connectivity index (χ3v) is 4.78. The van der Waals surface area contributed by atoms with Crippen LogP contribution in [0.1, 0.15) is 23.2 Å². The van der Waals surface area contributed by atoms with Crippen molar-refractivity contribution < 1.29 is 14.1 Å². The van der Waals surface area contributed by atoms with E-state index in [1.165, 1.54) is 24.3 Å². The molecule has 10 heteroatoms. The lowest BCUT2D eigenvalue weighted by molar-refractivity contribution is -0.384. The van der Waals surface area contributed by atoms with E-state index >= 15 is 0 Å². The summed E-state index contributed by atoms with van der Waals surface area (Å²) < 4.78 is 13.2. The van der Waals surface area contributed by atoms with Crippen LogP contribution in [0.4, 0.5) is 21.5 Å². The zero-order chi connectivity index (χ0) is 20.3. The molecule has 146 valence electrons. The third-order valence-electron chi connectivity index (χ3n) is 4.29. The molecule has 1 amide bonds. The first kappa shape index (κ1) is 20.0. The van der Waals surface area contributed by atoms with E-state index in [2.05, 4.69) is 10.6 Å². The molecular formula is C18H16ClFN4O3S. The number of nitrogens with one attached hydrogen (secondary N) is 2. The number of amides is 1. The summed E-state index contributed by atoms with van der Waals surface area (Å²) in [7, 11) is 0. The highest BCUT2D eigenvalue weighted by Crippen LogP contribution is 2.31. The molecule has 28 heavy (non-hydrogen) atoms. The summed E-state index contributed by atoms with van der Waals surface area (Å²) in [4.78, 5) is 25.3. The summed E-state index contributed by atoms with van der Waals surface area (Å²) in [6.07, 6.45) is 1.96. The molecule has 2 aromatic rings. The summed E-state index contributed by atoms with van der Waals surface area (Å²) >= 11 is 10.8. The van der Waals surface area contributed by atoms with Gasteiger partial charge >= 0.3 is 0 Å². The molecule has 1 aliphatic heterocycles. The standard InChI is InChI=1S/C18H16ClFN4O3S/c19-13-10-12(4-5-14(13)20)21-18(28)22-17(25)11-3-6-15(16(9-11)24(26)27)23-7-1-2-8-23/h3-6,9-10H,1-2,7-8H2,(H2,21,22,25,28). The topological polar surface area (TPSA) is 87.5 Å². The van der Waals surface area contributed by atoms with Crippen LogP contribution < -0.4 is 15.5 Å². The van der Waals surface area contributed by atoms with Crippen molar-refractivity contribution in [2.45, 2.75) is 12.8 Å². The Bertz CT molecular complexity index is 950. The number of hydrogen-bond donors (Lipinski definition) is 2. The quantitative estimate of drug-likeness (QED) is 0.438. The monoisotopic (exact) mass is 422 g/mol. The van der Waals surface area contributed by atoms with Crippen molar-refractivity contribution in [3.63, 3.8) is 0 Å². The maximum Gasteiger partial charge on any atom is 0.293 e. The van der Waals surface area contributed by atoms with Crippen LogP contribution in [0, 0.1) is 15.9 Å². The first-order valence-electron chi connectivity index (χ1n) is 8.46. The number of nitro groups is 1. The van der Waals surface area contributed by atoms with Crippen molar-refractivity contribution >= 4 is 51.9 Å². The number of anilines is 2. The van der Waals surface area contributed by atoms with Crippen LogP contribution in [-0.4, -0.2) is 29.0 Å². The molecule has 2 N–H and O–H groups in total. The highest BCUT2D eigenvalue weighted by molar-refractivity contribution is 7.80. The van der Waals surface area contributed by atoms with Gasteiger partial charge in [-0.15, -0.1) is 0 Å². The van der Waals surface area contributed by atoms with Crippen LogP contribution in [0.2, 0.25) is 5.02 Å². The zero-order valence-corrected chi connectivity index (χ0v) is 16.1. The van der Waals surface area contributed by atoms with E-state index in [9.17, 15) is 19.3 Å². The fourth-order valence-corrected chi connectivity index (χ4v) is 3.34. The lowest BCUT2D eigenvalue weighted by Crippen LogP contribution is -2.34. The Morgan fingerprint density at radius 2 is 1.93 bits per heavy atom. The Hall–Kier alpha value is -2.78. The Morgan fingerprint density at radius 3 is 2.57 bits per heavy atom. The summed E-state index contributed by atoms with van der Waals surface area (Å²) in [5.41, 5.74) is 0.877. The molecule has 1 heterocycles. The van der Waals surface area contributed by atoms with Gasteiger partial charge in [-0.1, -0.05) is 11.6 Å². The molecule has 2 aromatic carbocycles. The summed E-state index contributed by atoms with van der Waals surface area (Å²) in [6, 6.07) is 8.23. The van der Waals surface area contributed by atoms with Gasteiger partial charge < -0.3 is 10.2 Å². The van der Waals surface area contributed by atoms with Crippen molar-refractivity contribution in [3.05, 3.63) is 62.9 Å². The van der Waals surface area contributed by atoms with E-state index in [-0.39, 0.29) is 21.4 Å². The summed E-state index contributed by atoms with van der Waals surface area (Å²) in [5, 5.41) is 16.5. The predicted octanol–water partition coefficient (Wildman–Crippen LogP) is 4.11. The van der Waals surface area contributed by atoms with Crippen LogP contribution in [0.25, 0.3) is 0 Å². The summed E-state index contributed by atoms with van der Waals surface area (Å²) in [6.45, 7) is 1.50. The normalized spacial score (nSPS) is 13.3. The number of carbonyl (C=O) groups excluding carboxylic acids is 1. The molecule has 0 spiro atoms. The van der Waals surface area contributed by atoms with Gasteiger partial charge in [0.05, 0.1) is 9.95 Å². The van der Waals surface area contributed by atoms with Crippen molar-refractivity contribution in [2.75, 3.05) is 23.3 Å². The van der Waals surface area contributed by atoms with Crippen molar-refractivity contribution in [2.24, 2.45) is 0 Å². The molecule has 0 unspecified atom stereocenters. The minimum atomic E-state index is -0.596. The second-order valence-electron chi connectivity index (χ2n) is 6.19. The first-order valence-corrected chi connectivity index (χ1v) is 9.24. The lowest BCUT2D eigenvalue weighted by Gasteiger charge is -2.18. The molecule has 0 saturated carbocycles. The molecule has 0 radical (unpaired) electrons. The van der Waals surface area contributed by atoms with Crippen LogP contribution in [0.15, 0.2) is 36.4 Å². The summed E-state index contributed by atoms with van der Waals surface area (Å²) in [5.74, 6) is -1.17. The van der Waals surface area contributed by atoms with E-state index in [1.54, 1.807) is 6.07 Å². The predicted molar refractivity (Wildman–Crippen MR) is 110 cm³/mol. The molecule has 1 saturated heterocycles. The van der Waals surface area contributed by atoms with Gasteiger partial charge in [0.1, 0.15) is 11.5 Å². The van der Waals surface area contributed by atoms with Gasteiger partial charge in [-0.3, -0.25) is 20.2 Å². The number of thiocarbonyl (C=S) groups is 1. The number of halogens is 2. The maximum atomic E-state index is 13.2. The Morgan fingerprint density at radius 1 is 1.21 bits per heavy atom. The molecule has 7 nitrogen and oxygen atoms in total. The minimum absolute atomic E-state index is 0.0426. The van der Waals surface area contributed by atoms with Gasteiger partial charge in [0.2, 0.25) is 0 Å². The van der Waals surface area contributed by atoms with E-state index < -0.39 is 16.6 Å². The SMILES string of the molecule is O=C(NC(=S)Nc1ccc(F)c(Cl)c1)c1ccc(N2CCCC2)c([N+](=O)[O-])c1. The molecule has 0 aromatic heterocycles. The largest absolute Gasteiger partial charge is 0.366 e. The van der Waals surface area contributed by atoms with E-state index in [1.807, 2.05) is 4.90 Å². The number of hydrogen-bond acceptors (Lipinski definition) is 5. The van der Waals surface area contributed by atoms with Gasteiger partial charge in [0.15, 0.2) is 5.11 Å². The Balaban J connectivity index is 1.72. The lowest BCUT2D eigenvalue weighted by atomic mass is 10.1. The third kappa shape index (κ3) is 4.55. The molecule has 0 bridgehead atoms. The average molecular weight is 423 g/mol. The molecule has 0 aliphatic carbocycles. The number of benzene rings is 2. The molecule has 3 rings (SSSR count). The highest BCUT2D eigenvalue weighted by atomic mass is 35.5. The molecule has 1 fully saturated rings. The second-order valence-corrected chi connectivity index (χ2v) is 7.01. The first-order chi connectivity index (χ1) is 13.3. The maximum absolute atomic E-state index is 13.2. The van der Waals surface area contributed by atoms with Gasteiger partial charge in [0, 0.05) is 30.4 Å². The van der Waals surface area contributed by atoms with E-state index in [0.29, 0.717) is 11.4 Å².